The van der Waals surface area contributed by atoms with Gasteiger partial charge in [0, 0.05) is 69.3 Å². The van der Waals surface area contributed by atoms with Crippen molar-refractivity contribution in [3.8, 4) is 0 Å². The summed E-state index contributed by atoms with van der Waals surface area (Å²) >= 11 is 1.48. The number of carbonyl (C=O) groups excluding carboxylic acids is 1. The van der Waals surface area contributed by atoms with Crippen LogP contribution in [-0.2, 0) is 6.42 Å². The van der Waals surface area contributed by atoms with E-state index in [4.69, 9.17) is 9.41 Å². The zero-order valence-electron chi connectivity index (χ0n) is 18.0. The van der Waals surface area contributed by atoms with Crippen molar-refractivity contribution in [2.24, 2.45) is 4.99 Å². The van der Waals surface area contributed by atoms with E-state index in [0.29, 0.717) is 18.8 Å². The van der Waals surface area contributed by atoms with Crippen molar-refractivity contribution in [1.29, 1.82) is 0 Å². The van der Waals surface area contributed by atoms with Crippen molar-refractivity contribution in [3.05, 3.63) is 29.5 Å². The summed E-state index contributed by atoms with van der Waals surface area (Å²) in [4.78, 5) is 26.0. The van der Waals surface area contributed by atoms with Gasteiger partial charge in [0.2, 0.25) is 5.13 Å². The third kappa shape index (κ3) is 5.71. The molecular formula is C20H31N7O2S. The SMILES string of the molecule is CCNC(=NCCCNC(=O)c1occc1C)N1CCN(c2nc(CC)ns2)CC1. The molecule has 0 aromatic carbocycles. The lowest BCUT2D eigenvalue weighted by Gasteiger charge is -2.36. The molecule has 0 radical (unpaired) electrons. The number of nitrogens with one attached hydrogen (secondary N) is 2. The van der Waals surface area contributed by atoms with Crippen LogP contribution < -0.4 is 15.5 Å². The molecule has 2 N–H and O–H groups in total. The van der Waals surface area contributed by atoms with Crippen molar-refractivity contribution >= 4 is 28.5 Å². The fraction of sp³-hybridized carbons (Fsp3) is 0.600. The van der Waals surface area contributed by atoms with Crippen LogP contribution in [-0.4, -0.2) is 71.9 Å². The molecule has 2 aromatic heterocycles. The number of aryl methyl sites for hydroxylation is 2. The molecule has 0 bridgehead atoms. The zero-order valence-corrected chi connectivity index (χ0v) is 18.8. The molecule has 0 aliphatic carbocycles. The summed E-state index contributed by atoms with van der Waals surface area (Å²) in [5.41, 5.74) is 0.846. The van der Waals surface area contributed by atoms with E-state index in [9.17, 15) is 4.79 Å². The largest absolute Gasteiger partial charge is 0.459 e. The Balaban J connectivity index is 1.44. The number of hydrogen-bond donors (Lipinski definition) is 2. The van der Waals surface area contributed by atoms with Gasteiger partial charge >= 0.3 is 0 Å². The Morgan fingerprint density at radius 1 is 1.27 bits per heavy atom. The summed E-state index contributed by atoms with van der Waals surface area (Å²) in [6.07, 6.45) is 3.17. The molecule has 9 nitrogen and oxygen atoms in total. The lowest BCUT2D eigenvalue weighted by molar-refractivity contribution is 0.0925. The summed E-state index contributed by atoms with van der Waals surface area (Å²) in [5, 5.41) is 7.28. The van der Waals surface area contributed by atoms with Crippen LogP contribution in [0.25, 0.3) is 0 Å². The van der Waals surface area contributed by atoms with E-state index in [1.165, 1.54) is 17.8 Å². The monoisotopic (exact) mass is 433 g/mol. The molecule has 3 heterocycles. The molecule has 1 fully saturated rings. The Hall–Kier alpha value is -2.62. The number of anilines is 1. The Labute approximate surface area is 181 Å². The van der Waals surface area contributed by atoms with E-state index in [-0.39, 0.29) is 5.91 Å². The fourth-order valence-electron chi connectivity index (χ4n) is 3.20. The summed E-state index contributed by atoms with van der Waals surface area (Å²) in [5.74, 6) is 2.05. The molecule has 1 aliphatic rings. The van der Waals surface area contributed by atoms with Crippen LogP contribution in [0.3, 0.4) is 0 Å². The van der Waals surface area contributed by atoms with Crippen LogP contribution in [0.1, 0.15) is 42.2 Å². The van der Waals surface area contributed by atoms with Crippen LogP contribution in [0.4, 0.5) is 5.13 Å². The number of furan rings is 1. The number of nitrogens with zero attached hydrogens (tertiary/aromatic N) is 5. The van der Waals surface area contributed by atoms with Crippen molar-refractivity contribution in [2.75, 3.05) is 50.7 Å². The first-order chi connectivity index (χ1) is 14.6. The lowest BCUT2D eigenvalue weighted by atomic mass is 10.2. The summed E-state index contributed by atoms with van der Waals surface area (Å²) in [6, 6.07) is 1.79. The van der Waals surface area contributed by atoms with Gasteiger partial charge in [0.15, 0.2) is 11.7 Å². The lowest BCUT2D eigenvalue weighted by Crippen LogP contribution is -2.52. The number of aliphatic imine (C=N–C) groups is 1. The minimum absolute atomic E-state index is 0.174. The maximum Gasteiger partial charge on any atom is 0.287 e. The Morgan fingerprint density at radius 2 is 2.07 bits per heavy atom. The first-order valence-electron chi connectivity index (χ1n) is 10.6. The van der Waals surface area contributed by atoms with E-state index < -0.39 is 0 Å². The smallest absolute Gasteiger partial charge is 0.287 e. The van der Waals surface area contributed by atoms with Crippen molar-refractivity contribution in [2.45, 2.75) is 33.6 Å². The minimum atomic E-state index is -0.174. The second-order valence-electron chi connectivity index (χ2n) is 7.10. The van der Waals surface area contributed by atoms with E-state index in [2.05, 4.69) is 43.6 Å². The average molecular weight is 434 g/mol. The molecule has 1 amide bonds. The van der Waals surface area contributed by atoms with E-state index in [1.54, 1.807) is 6.07 Å². The third-order valence-electron chi connectivity index (χ3n) is 4.91. The summed E-state index contributed by atoms with van der Waals surface area (Å²) in [7, 11) is 0. The molecule has 30 heavy (non-hydrogen) atoms. The van der Waals surface area contributed by atoms with Gasteiger partial charge in [0.25, 0.3) is 5.91 Å². The molecule has 1 saturated heterocycles. The molecule has 0 saturated carbocycles. The van der Waals surface area contributed by atoms with Gasteiger partial charge in [-0.05, 0) is 26.3 Å². The zero-order chi connectivity index (χ0) is 21.3. The number of carbonyl (C=O) groups is 1. The first kappa shape index (κ1) is 22.1. The number of guanidine groups is 1. The highest BCUT2D eigenvalue weighted by molar-refractivity contribution is 7.09. The van der Waals surface area contributed by atoms with E-state index >= 15 is 0 Å². The Kier molecular flexibility index (Phi) is 8.06. The topological polar surface area (TPSA) is 98.9 Å². The number of rotatable bonds is 8. The number of piperazine rings is 1. The van der Waals surface area contributed by atoms with Crippen LogP contribution >= 0.6 is 11.5 Å². The average Bonchev–Trinajstić information content (AvgIpc) is 3.42. The van der Waals surface area contributed by atoms with Crippen molar-refractivity contribution in [3.63, 3.8) is 0 Å². The highest BCUT2D eigenvalue weighted by Crippen LogP contribution is 2.19. The molecule has 0 spiro atoms. The normalized spacial score (nSPS) is 14.8. The van der Waals surface area contributed by atoms with Crippen LogP contribution in [0.15, 0.2) is 21.7 Å². The molecule has 3 rings (SSSR count). The van der Waals surface area contributed by atoms with Crippen LogP contribution in [0.2, 0.25) is 0 Å². The van der Waals surface area contributed by atoms with Gasteiger partial charge in [-0.3, -0.25) is 9.79 Å². The van der Waals surface area contributed by atoms with Crippen LogP contribution in [0, 0.1) is 6.92 Å². The highest BCUT2D eigenvalue weighted by atomic mass is 32.1. The predicted octanol–water partition coefficient (Wildman–Crippen LogP) is 1.91. The van der Waals surface area contributed by atoms with Gasteiger partial charge < -0.3 is 24.9 Å². The summed E-state index contributed by atoms with van der Waals surface area (Å²) in [6.45, 7) is 11.6. The fourth-order valence-corrected chi connectivity index (χ4v) is 4.00. The number of amides is 1. The maximum atomic E-state index is 12.1. The third-order valence-corrected chi connectivity index (χ3v) is 5.72. The minimum Gasteiger partial charge on any atom is -0.459 e. The van der Waals surface area contributed by atoms with Gasteiger partial charge in [-0.25, -0.2) is 4.98 Å². The van der Waals surface area contributed by atoms with Crippen molar-refractivity contribution < 1.29 is 9.21 Å². The molecule has 2 aromatic rings. The van der Waals surface area contributed by atoms with Gasteiger partial charge in [-0.15, -0.1) is 0 Å². The second-order valence-corrected chi connectivity index (χ2v) is 7.83. The molecule has 1 aliphatic heterocycles. The molecule has 0 atom stereocenters. The summed E-state index contributed by atoms with van der Waals surface area (Å²) < 4.78 is 9.60. The highest BCUT2D eigenvalue weighted by Gasteiger charge is 2.22. The molecule has 164 valence electrons. The number of hydrogen-bond acceptors (Lipinski definition) is 7. The van der Waals surface area contributed by atoms with Crippen LogP contribution in [0.5, 0.6) is 0 Å². The van der Waals surface area contributed by atoms with E-state index in [1.807, 2.05) is 6.92 Å². The predicted molar refractivity (Wildman–Crippen MR) is 119 cm³/mol. The standard InChI is InChI=1S/C20H31N7O2S/c1-4-16-24-20(30-25-16)27-12-10-26(11-13-27)19(21-5-2)23-9-6-8-22-18(28)17-15(3)7-14-29-17/h7,14H,4-6,8-13H2,1-3H3,(H,21,23)(H,22,28). The maximum absolute atomic E-state index is 12.1. The van der Waals surface area contributed by atoms with Gasteiger partial charge in [0.1, 0.15) is 5.82 Å². The van der Waals surface area contributed by atoms with Gasteiger partial charge in [-0.1, -0.05) is 6.92 Å². The Bertz CT molecular complexity index is 840. The molecule has 0 unspecified atom stereocenters. The second kappa shape index (κ2) is 11.0. The van der Waals surface area contributed by atoms with Gasteiger partial charge in [0.05, 0.1) is 6.26 Å². The van der Waals surface area contributed by atoms with Gasteiger partial charge in [-0.2, -0.15) is 4.37 Å². The quantitative estimate of drug-likeness (QED) is 0.373. The van der Waals surface area contributed by atoms with E-state index in [0.717, 1.165) is 68.0 Å². The number of aromatic nitrogens is 2. The molecule has 10 heteroatoms. The molecular weight excluding hydrogens is 402 g/mol. The first-order valence-corrected chi connectivity index (χ1v) is 11.3. The van der Waals surface area contributed by atoms with Crippen molar-refractivity contribution in [1.82, 2.24) is 24.9 Å². The Morgan fingerprint density at radius 3 is 2.70 bits per heavy atom.